The van der Waals surface area contributed by atoms with E-state index in [1.807, 2.05) is 43.3 Å². The molecule has 0 aliphatic rings. The molecule has 3 rings (SSSR count). The van der Waals surface area contributed by atoms with Crippen LogP contribution in [0.1, 0.15) is 48.0 Å². The number of aryl methyl sites for hydroxylation is 1. The predicted octanol–water partition coefficient (Wildman–Crippen LogP) is 4.32. The lowest BCUT2D eigenvalue weighted by Crippen LogP contribution is -2.45. The van der Waals surface area contributed by atoms with Gasteiger partial charge in [0, 0.05) is 28.5 Å². The van der Waals surface area contributed by atoms with Crippen molar-refractivity contribution in [2.75, 3.05) is 5.32 Å². The molecule has 0 fully saturated rings. The van der Waals surface area contributed by atoms with Crippen LogP contribution in [0, 0.1) is 6.92 Å². The van der Waals surface area contributed by atoms with Crippen molar-refractivity contribution in [2.45, 2.75) is 45.6 Å². The Balaban J connectivity index is 1.64. The summed E-state index contributed by atoms with van der Waals surface area (Å²) in [5, 5.41) is 8.94. The molecule has 7 heteroatoms. The highest BCUT2D eigenvalue weighted by Gasteiger charge is 2.20. The lowest BCUT2D eigenvalue weighted by Gasteiger charge is -2.16. The fourth-order valence-electron chi connectivity index (χ4n) is 3.01. The third-order valence-electron chi connectivity index (χ3n) is 4.85. The molecule has 31 heavy (non-hydrogen) atoms. The van der Waals surface area contributed by atoms with Gasteiger partial charge in [0.2, 0.25) is 5.91 Å². The SMILES string of the molecule is Cc1cccc(C(=O)N[C@H](Cc2ccc(Nc3nc(C(C)(C)C)cs3)cc2)C(N)=O)c1. The van der Waals surface area contributed by atoms with Gasteiger partial charge in [0.05, 0.1) is 5.69 Å². The number of anilines is 2. The van der Waals surface area contributed by atoms with Gasteiger partial charge in [-0.15, -0.1) is 11.3 Å². The lowest BCUT2D eigenvalue weighted by molar-refractivity contribution is -0.119. The van der Waals surface area contributed by atoms with E-state index in [-0.39, 0.29) is 11.3 Å². The van der Waals surface area contributed by atoms with Gasteiger partial charge in [-0.3, -0.25) is 9.59 Å². The van der Waals surface area contributed by atoms with Crippen LogP contribution in [0.3, 0.4) is 0 Å². The second kappa shape index (κ2) is 9.31. The number of carbonyl (C=O) groups excluding carboxylic acids is 2. The van der Waals surface area contributed by atoms with Crippen molar-refractivity contribution in [1.82, 2.24) is 10.3 Å². The van der Waals surface area contributed by atoms with E-state index in [1.54, 1.807) is 23.5 Å². The fourth-order valence-corrected chi connectivity index (χ4v) is 3.97. The summed E-state index contributed by atoms with van der Waals surface area (Å²) in [6.45, 7) is 8.31. The molecular formula is C24H28N4O2S. The molecule has 6 nitrogen and oxygen atoms in total. The molecule has 0 radical (unpaired) electrons. The third kappa shape index (κ3) is 6.15. The number of hydrogen-bond acceptors (Lipinski definition) is 5. The Labute approximate surface area is 186 Å². The van der Waals surface area contributed by atoms with E-state index >= 15 is 0 Å². The number of amides is 2. The van der Waals surface area contributed by atoms with Gasteiger partial charge >= 0.3 is 0 Å². The molecule has 0 unspecified atom stereocenters. The molecule has 0 bridgehead atoms. The first-order chi connectivity index (χ1) is 14.6. The fraction of sp³-hybridized carbons (Fsp3) is 0.292. The normalized spacial score (nSPS) is 12.3. The zero-order chi connectivity index (χ0) is 22.6. The molecule has 0 aliphatic heterocycles. The van der Waals surface area contributed by atoms with Gasteiger partial charge in [-0.1, -0.05) is 50.6 Å². The number of rotatable bonds is 7. The Morgan fingerprint density at radius 1 is 1.13 bits per heavy atom. The molecule has 0 saturated carbocycles. The van der Waals surface area contributed by atoms with Crippen molar-refractivity contribution in [3.63, 3.8) is 0 Å². The maximum atomic E-state index is 12.5. The second-order valence-electron chi connectivity index (χ2n) is 8.61. The Morgan fingerprint density at radius 2 is 1.84 bits per heavy atom. The molecule has 1 aromatic heterocycles. The molecule has 1 atom stereocenters. The number of primary amides is 1. The summed E-state index contributed by atoms with van der Waals surface area (Å²) in [5.74, 6) is -0.884. The second-order valence-corrected chi connectivity index (χ2v) is 9.47. The molecule has 0 aliphatic carbocycles. The molecule has 3 aromatic rings. The van der Waals surface area contributed by atoms with Gasteiger partial charge in [-0.25, -0.2) is 4.98 Å². The first kappa shape index (κ1) is 22.5. The number of hydrogen-bond donors (Lipinski definition) is 3. The summed E-state index contributed by atoms with van der Waals surface area (Å²) in [4.78, 5) is 29.1. The van der Waals surface area contributed by atoms with Crippen LogP contribution < -0.4 is 16.4 Å². The molecule has 2 aromatic carbocycles. The Morgan fingerprint density at radius 3 is 2.42 bits per heavy atom. The van der Waals surface area contributed by atoms with Crippen molar-refractivity contribution in [2.24, 2.45) is 5.73 Å². The number of nitrogens with two attached hydrogens (primary N) is 1. The van der Waals surface area contributed by atoms with Crippen LogP contribution in [-0.2, 0) is 16.6 Å². The molecule has 1 heterocycles. The van der Waals surface area contributed by atoms with E-state index in [1.165, 1.54) is 0 Å². The number of benzene rings is 2. The Kier molecular flexibility index (Phi) is 6.75. The molecule has 4 N–H and O–H groups in total. The average molecular weight is 437 g/mol. The Hall–Kier alpha value is -3.19. The average Bonchev–Trinajstić information content (AvgIpc) is 3.18. The van der Waals surface area contributed by atoms with Crippen LogP contribution in [-0.4, -0.2) is 22.8 Å². The minimum atomic E-state index is -0.792. The van der Waals surface area contributed by atoms with E-state index < -0.39 is 11.9 Å². The molecule has 0 spiro atoms. The summed E-state index contributed by atoms with van der Waals surface area (Å²) < 4.78 is 0. The molecule has 0 saturated heterocycles. The van der Waals surface area contributed by atoms with E-state index in [0.717, 1.165) is 27.6 Å². The smallest absolute Gasteiger partial charge is 0.251 e. The summed E-state index contributed by atoms with van der Waals surface area (Å²) in [7, 11) is 0. The minimum Gasteiger partial charge on any atom is -0.368 e. The van der Waals surface area contributed by atoms with Gasteiger partial charge in [0.15, 0.2) is 5.13 Å². The van der Waals surface area contributed by atoms with Crippen LogP contribution in [0.4, 0.5) is 10.8 Å². The lowest BCUT2D eigenvalue weighted by atomic mass is 9.93. The Bertz CT molecular complexity index is 1070. The zero-order valence-electron chi connectivity index (χ0n) is 18.2. The third-order valence-corrected chi connectivity index (χ3v) is 5.60. The number of aromatic nitrogens is 1. The predicted molar refractivity (Wildman–Crippen MR) is 126 cm³/mol. The van der Waals surface area contributed by atoms with Gasteiger partial charge in [0.1, 0.15) is 6.04 Å². The number of nitrogens with zero attached hydrogens (tertiary/aromatic N) is 1. The zero-order valence-corrected chi connectivity index (χ0v) is 19.0. The van der Waals surface area contributed by atoms with Crippen LogP contribution in [0.2, 0.25) is 0 Å². The number of thiazole rings is 1. The molecule has 2 amide bonds. The largest absolute Gasteiger partial charge is 0.368 e. The first-order valence-corrected chi connectivity index (χ1v) is 11.0. The maximum Gasteiger partial charge on any atom is 0.251 e. The van der Waals surface area contributed by atoms with Crippen molar-refractivity contribution in [3.8, 4) is 0 Å². The summed E-state index contributed by atoms with van der Waals surface area (Å²) in [6.07, 6.45) is 0.318. The summed E-state index contributed by atoms with van der Waals surface area (Å²) >= 11 is 1.56. The van der Waals surface area contributed by atoms with Crippen molar-refractivity contribution < 1.29 is 9.59 Å². The minimum absolute atomic E-state index is 0.00689. The van der Waals surface area contributed by atoms with E-state index in [4.69, 9.17) is 5.73 Å². The summed E-state index contributed by atoms with van der Waals surface area (Å²) in [6, 6.07) is 14.1. The van der Waals surface area contributed by atoms with E-state index in [9.17, 15) is 9.59 Å². The first-order valence-electron chi connectivity index (χ1n) is 10.1. The topological polar surface area (TPSA) is 97.1 Å². The maximum absolute atomic E-state index is 12.5. The number of carbonyl (C=O) groups is 2. The van der Waals surface area contributed by atoms with Crippen LogP contribution in [0.5, 0.6) is 0 Å². The quantitative estimate of drug-likeness (QED) is 0.514. The van der Waals surface area contributed by atoms with E-state index in [2.05, 4.69) is 41.8 Å². The summed E-state index contributed by atoms with van der Waals surface area (Å²) in [5.41, 5.74) is 9.87. The van der Waals surface area contributed by atoms with Gasteiger partial charge in [-0.05, 0) is 36.8 Å². The number of nitrogens with one attached hydrogen (secondary N) is 2. The van der Waals surface area contributed by atoms with Crippen molar-refractivity contribution >= 4 is 34.0 Å². The van der Waals surface area contributed by atoms with Gasteiger partial charge in [0.25, 0.3) is 5.91 Å². The highest BCUT2D eigenvalue weighted by Crippen LogP contribution is 2.28. The highest BCUT2D eigenvalue weighted by molar-refractivity contribution is 7.13. The highest BCUT2D eigenvalue weighted by atomic mass is 32.1. The van der Waals surface area contributed by atoms with Crippen LogP contribution >= 0.6 is 11.3 Å². The van der Waals surface area contributed by atoms with Gasteiger partial charge < -0.3 is 16.4 Å². The van der Waals surface area contributed by atoms with Gasteiger partial charge in [-0.2, -0.15) is 0 Å². The van der Waals surface area contributed by atoms with Crippen molar-refractivity contribution in [1.29, 1.82) is 0 Å². The molecular weight excluding hydrogens is 408 g/mol. The van der Waals surface area contributed by atoms with E-state index in [0.29, 0.717) is 12.0 Å². The van der Waals surface area contributed by atoms with Crippen molar-refractivity contribution in [3.05, 3.63) is 76.3 Å². The standard InChI is InChI=1S/C24H28N4O2S/c1-15-6-5-7-17(12-15)22(30)27-19(21(25)29)13-16-8-10-18(11-9-16)26-23-28-20(14-31-23)24(2,3)4/h5-12,14,19H,13H2,1-4H3,(H2,25,29)(H,26,28)(H,27,30)/t19-/m1/s1. The van der Waals surface area contributed by atoms with Crippen LogP contribution in [0.15, 0.2) is 53.9 Å². The molecule has 162 valence electrons. The van der Waals surface area contributed by atoms with Crippen LogP contribution in [0.25, 0.3) is 0 Å². The monoisotopic (exact) mass is 436 g/mol.